The van der Waals surface area contributed by atoms with Gasteiger partial charge in [0, 0.05) is 5.56 Å². The van der Waals surface area contributed by atoms with Gasteiger partial charge in [0.1, 0.15) is 5.76 Å². The zero-order valence-corrected chi connectivity index (χ0v) is 16.4. The maximum absolute atomic E-state index is 12.3. The van der Waals surface area contributed by atoms with E-state index in [1.165, 1.54) is 37.5 Å². The lowest BCUT2D eigenvalue weighted by atomic mass is 10.1. The molecule has 0 saturated heterocycles. The van der Waals surface area contributed by atoms with Crippen LogP contribution >= 0.6 is 0 Å². The Bertz CT molecular complexity index is 1070. The smallest absolute Gasteiger partial charge is 0.338 e. The molecule has 1 N–H and O–H groups in total. The molecule has 0 amide bonds. The zero-order valence-electron chi connectivity index (χ0n) is 15.6. The van der Waals surface area contributed by atoms with Crippen LogP contribution in [-0.2, 0) is 21.3 Å². The van der Waals surface area contributed by atoms with Crippen LogP contribution in [0, 0.1) is 0 Å². The largest absolute Gasteiger partial charge is 0.468 e. The number of ether oxygens (including phenoxy) is 1. The van der Waals surface area contributed by atoms with Gasteiger partial charge in [-0.25, -0.2) is 17.9 Å². The van der Waals surface area contributed by atoms with E-state index in [2.05, 4.69) is 4.72 Å². The molecule has 1 atom stereocenters. The number of furan rings is 1. The number of carbonyl (C=O) groups is 2. The molecule has 0 aliphatic carbocycles. The summed E-state index contributed by atoms with van der Waals surface area (Å²) in [6, 6.07) is 17.1. The zero-order chi connectivity index (χ0) is 20.9. The number of ketones is 1. The third-order valence-corrected chi connectivity index (χ3v) is 5.55. The molecule has 0 aliphatic rings. The van der Waals surface area contributed by atoms with Gasteiger partial charge in [0.05, 0.1) is 23.3 Å². The second kappa shape index (κ2) is 8.85. The average Bonchev–Trinajstić information content (AvgIpc) is 3.26. The van der Waals surface area contributed by atoms with E-state index in [-0.39, 0.29) is 22.8 Å². The molecule has 7 nitrogen and oxygen atoms in total. The molecule has 150 valence electrons. The third-order valence-electron chi connectivity index (χ3n) is 4.13. The predicted octanol–water partition coefficient (Wildman–Crippen LogP) is 3.19. The maximum Gasteiger partial charge on any atom is 0.338 e. The highest BCUT2D eigenvalue weighted by molar-refractivity contribution is 7.89. The molecule has 3 rings (SSSR count). The molecule has 29 heavy (non-hydrogen) atoms. The minimum Gasteiger partial charge on any atom is -0.468 e. The highest BCUT2D eigenvalue weighted by Gasteiger charge is 2.21. The van der Waals surface area contributed by atoms with E-state index in [0.29, 0.717) is 11.3 Å². The molecule has 3 aromatic rings. The number of esters is 1. The first kappa shape index (κ1) is 20.5. The van der Waals surface area contributed by atoms with Crippen molar-refractivity contribution in [3.8, 4) is 0 Å². The van der Waals surface area contributed by atoms with Crippen molar-refractivity contribution in [1.29, 1.82) is 0 Å². The van der Waals surface area contributed by atoms with Gasteiger partial charge in [-0.3, -0.25) is 4.79 Å². The number of Topliss-reactive ketones (excluding diaryl/α,β-unsaturated/α-hetero) is 1. The Morgan fingerprint density at radius 1 is 0.966 bits per heavy atom. The fraction of sp³-hybridized carbons (Fsp3) is 0.143. The van der Waals surface area contributed by atoms with Crippen LogP contribution in [0.15, 0.2) is 82.3 Å². The van der Waals surface area contributed by atoms with Crippen molar-refractivity contribution in [2.24, 2.45) is 0 Å². The fourth-order valence-electron chi connectivity index (χ4n) is 2.55. The minimum atomic E-state index is -3.77. The monoisotopic (exact) mass is 413 g/mol. The van der Waals surface area contributed by atoms with Crippen molar-refractivity contribution in [3.05, 3.63) is 89.9 Å². The van der Waals surface area contributed by atoms with Crippen LogP contribution in [0.1, 0.15) is 33.4 Å². The van der Waals surface area contributed by atoms with Crippen LogP contribution in [0.2, 0.25) is 0 Å². The van der Waals surface area contributed by atoms with Gasteiger partial charge in [-0.2, -0.15) is 0 Å². The quantitative estimate of drug-likeness (QED) is 0.449. The van der Waals surface area contributed by atoms with Gasteiger partial charge in [-0.05, 0) is 43.3 Å². The Morgan fingerprint density at radius 3 is 2.28 bits per heavy atom. The number of carbonyl (C=O) groups excluding carboxylic acids is 2. The summed E-state index contributed by atoms with van der Waals surface area (Å²) in [4.78, 5) is 24.6. The molecule has 0 spiro atoms. The second-order valence-corrected chi connectivity index (χ2v) is 7.97. The van der Waals surface area contributed by atoms with Crippen molar-refractivity contribution in [3.63, 3.8) is 0 Å². The summed E-state index contributed by atoms with van der Waals surface area (Å²) in [5.41, 5.74) is 0.583. The summed E-state index contributed by atoms with van der Waals surface area (Å²) >= 11 is 0. The van der Waals surface area contributed by atoms with Gasteiger partial charge in [-0.15, -0.1) is 0 Å². The molecule has 0 fully saturated rings. The van der Waals surface area contributed by atoms with Crippen molar-refractivity contribution in [2.45, 2.75) is 24.5 Å². The third kappa shape index (κ3) is 5.18. The van der Waals surface area contributed by atoms with E-state index in [1.807, 2.05) is 0 Å². The highest BCUT2D eigenvalue weighted by Crippen LogP contribution is 2.14. The first-order valence-electron chi connectivity index (χ1n) is 8.79. The molecule has 0 aliphatic heterocycles. The van der Waals surface area contributed by atoms with Gasteiger partial charge in [0.15, 0.2) is 6.10 Å². The van der Waals surface area contributed by atoms with E-state index in [4.69, 9.17) is 9.15 Å². The Morgan fingerprint density at radius 2 is 1.66 bits per heavy atom. The Balaban J connectivity index is 1.63. The van der Waals surface area contributed by atoms with E-state index in [9.17, 15) is 18.0 Å². The Hall–Kier alpha value is -3.23. The summed E-state index contributed by atoms with van der Waals surface area (Å²) in [6.45, 7) is 1.50. The molecule has 0 bridgehead atoms. The molecule has 0 unspecified atom stereocenters. The van der Waals surface area contributed by atoms with Crippen LogP contribution < -0.4 is 4.72 Å². The van der Waals surface area contributed by atoms with Crippen LogP contribution in [0.3, 0.4) is 0 Å². The number of sulfonamides is 1. The lowest BCUT2D eigenvalue weighted by molar-refractivity contribution is 0.0318. The molecular weight excluding hydrogens is 394 g/mol. The molecule has 2 aromatic carbocycles. The van der Waals surface area contributed by atoms with Gasteiger partial charge < -0.3 is 9.15 Å². The molecule has 0 saturated carbocycles. The van der Waals surface area contributed by atoms with Crippen LogP contribution in [0.5, 0.6) is 0 Å². The molecular formula is C21H19NO6S. The Labute approximate surface area is 168 Å². The average molecular weight is 413 g/mol. The van der Waals surface area contributed by atoms with E-state index in [1.54, 1.807) is 42.5 Å². The highest BCUT2D eigenvalue weighted by atomic mass is 32.2. The lowest BCUT2D eigenvalue weighted by Crippen LogP contribution is -2.25. The SMILES string of the molecule is C[C@@H](OC(=O)c1ccc(S(=O)(=O)NCc2ccco2)cc1)C(=O)c1ccccc1. The summed E-state index contributed by atoms with van der Waals surface area (Å²) in [5, 5.41) is 0. The number of rotatable bonds is 8. The maximum atomic E-state index is 12.3. The molecule has 8 heteroatoms. The van der Waals surface area contributed by atoms with E-state index >= 15 is 0 Å². The van der Waals surface area contributed by atoms with Gasteiger partial charge in [-0.1, -0.05) is 30.3 Å². The molecule has 1 aromatic heterocycles. The molecule has 0 radical (unpaired) electrons. The topological polar surface area (TPSA) is 103 Å². The van der Waals surface area contributed by atoms with Crippen molar-refractivity contribution < 1.29 is 27.2 Å². The minimum absolute atomic E-state index is 0.00554. The summed E-state index contributed by atoms with van der Waals surface area (Å²) < 4.78 is 37.3. The second-order valence-electron chi connectivity index (χ2n) is 6.21. The van der Waals surface area contributed by atoms with Crippen LogP contribution in [-0.4, -0.2) is 26.3 Å². The Kier molecular flexibility index (Phi) is 6.26. The number of hydrogen-bond donors (Lipinski definition) is 1. The predicted molar refractivity (Wildman–Crippen MR) is 105 cm³/mol. The summed E-state index contributed by atoms with van der Waals surface area (Å²) in [7, 11) is -3.77. The standard InChI is InChI=1S/C21H19NO6S/c1-15(20(23)16-6-3-2-4-7-16)28-21(24)17-9-11-19(12-10-17)29(25,26)22-14-18-8-5-13-27-18/h2-13,15,22H,14H2,1H3/t15-/m1/s1. The summed E-state index contributed by atoms with van der Waals surface area (Å²) in [6.07, 6.45) is 0.483. The van der Waals surface area contributed by atoms with Crippen molar-refractivity contribution >= 4 is 21.8 Å². The first-order valence-corrected chi connectivity index (χ1v) is 10.3. The number of benzene rings is 2. The van der Waals surface area contributed by atoms with Crippen molar-refractivity contribution in [1.82, 2.24) is 4.72 Å². The number of nitrogens with one attached hydrogen (secondary N) is 1. The number of hydrogen-bond acceptors (Lipinski definition) is 6. The molecule has 1 heterocycles. The van der Waals surface area contributed by atoms with Crippen LogP contribution in [0.4, 0.5) is 0 Å². The van der Waals surface area contributed by atoms with Gasteiger partial charge >= 0.3 is 5.97 Å². The van der Waals surface area contributed by atoms with Crippen molar-refractivity contribution in [2.75, 3.05) is 0 Å². The normalized spacial score (nSPS) is 12.3. The lowest BCUT2D eigenvalue weighted by Gasteiger charge is -2.12. The van der Waals surface area contributed by atoms with Crippen LogP contribution in [0.25, 0.3) is 0 Å². The van der Waals surface area contributed by atoms with Gasteiger partial charge in [0.25, 0.3) is 0 Å². The van der Waals surface area contributed by atoms with E-state index < -0.39 is 22.1 Å². The fourth-order valence-corrected chi connectivity index (χ4v) is 3.55. The summed E-state index contributed by atoms with van der Waals surface area (Å²) in [5.74, 6) is -0.555. The van der Waals surface area contributed by atoms with E-state index in [0.717, 1.165) is 0 Å². The first-order chi connectivity index (χ1) is 13.9. The van der Waals surface area contributed by atoms with Gasteiger partial charge in [0.2, 0.25) is 15.8 Å².